The number of halogens is 1. The molecule has 1 amide bonds. The normalized spacial score (nSPS) is 11.6. The molecule has 158 valence electrons. The van der Waals surface area contributed by atoms with Gasteiger partial charge in [-0.3, -0.25) is 4.79 Å². The van der Waals surface area contributed by atoms with Crippen molar-refractivity contribution >= 4 is 5.91 Å². The third-order valence-electron chi connectivity index (χ3n) is 4.39. The van der Waals surface area contributed by atoms with Crippen LogP contribution in [0.15, 0.2) is 40.9 Å². The van der Waals surface area contributed by atoms with Crippen LogP contribution in [0.5, 0.6) is 17.2 Å². The number of carbonyl (C=O) groups excluding carboxylic acids is 1. The van der Waals surface area contributed by atoms with E-state index in [0.29, 0.717) is 34.2 Å². The summed E-state index contributed by atoms with van der Waals surface area (Å²) in [4.78, 5) is 16.6. The zero-order valence-electron chi connectivity index (χ0n) is 17.1. The van der Waals surface area contributed by atoms with Gasteiger partial charge in [0.05, 0.1) is 27.8 Å². The second-order valence-corrected chi connectivity index (χ2v) is 6.46. The minimum atomic E-state index is -0.513. The lowest BCUT2D eigenvalue weighted by molar-refractivity contribution is -0.121. The van der Waals surface area contributed by atoms with Gasteiger partial charge in [0.15, 0.2) is 11.5 Å². The first-order chi connectivity index (χ1) is 14.4. The summed E-state index contributed by atoms with van der Waals surface area (Å²) in [5, 5.41) is 6.77. The molecule has 0 aliphatic rings. The molecule has 0 radical (unpaired) electrons. The molecule has 30 heavy (non-hydrogen) atoms. The molecule has 8 nitrogen and oxygen atoms in total. The number of benzene rings is 2. The van der Waals surface area contributed by atoms with E-state index in [4.69, 9.17) is 18.7 Å². The van der Waals surface area contributed by atoms with Crippen LogP contribution >= 0.6 is 0 Å². The van der Waals surface area contributed by atoms with Gasteiger partial charge in [-0.05, 0) is 36.8 Å². The second kappa shape index (κ2) is 9.25. The summed E-state index contributed by atoms with van der Waals surface area (Å²) in [6.45, 7) is 1.73. The van der Waals surface area contributed by atoms with Crippen LogP contribution in [0.2, 0.25) is 0 Å². The van der Waals surface area contributed by atoms with Gasteiger partial charge in [-0.2, -0.15) is 4.98 Å². The summed E-state index contributed by atoms with van der Waals surface area (Å²) >= 11 is 0. The van der Waals surface area contributed by atoms with Gasteiger partial charge < -0.3 is 24.1 Å². The highest BCUT2D eigenvalue weighted by Crippen LogP contribution is 2.40. The minimum absolute atomic E-state index is 0.110. The van der Waals surface area contributed by atoms with Crippen LogP contribution in [0.1, 0.15) is 24.4 Å². The highest BCUT2D eigenvalue weighted by molar-refractivity contribution is 5.78. The molecule has 1 aromatic heterocycles. The Morgan fingerprint density at radius 2 is 1.73 bits per heavy atom. The molecule has 1 N–H and O–H groups in total. The molecule has 1 heterocycles. The fraction of sp³-hybridized carbons (Fsp3) is 0.286. The fourth-order valence-corrected chi connectivity index (χ4v) is 2.88. The maximum atomic E-state index is 13.0. The van der Waals surface area contributed by atoms with E-state index in [9.17, 15) is 9.18 Å². The Morgan fingerprint density at radius 3 is 2.30 bits per heavy atom. The Hall–Kier alpha value is -3.62. The SMILES string of the molecule is COc1cc(-c2noc(C(C)NC(=O)Cc3ccc(F)cc3)n2)cc(OC)c1OC. The average Bonchev–Trinajstić information content (AvgIpc) is 3.24. The van der Waals surface area contributed by atoms with Crippen molar-refractivity contribution in [3.8, 4) is 28.6 Å². The number of hydrogen-bond donors (Lipinski definition) is 1. The standard InChI is InChI=1S/C21H22FN3O5/c1-12(23-18(26)9-13-5-7-15(22)8-6-13)21-24-20(25-30-21)14-10-16(27-2)19(29-4)17(11-14)28-3/h5-8,10-12H,9H2,1-4H3,(H,23,26). The summed E-state index contributed by atoms with van der Waals surface area (Å²) in [6.07, 6.45) is 0.110. The molecule has 3 aromatic rings. The molecule has 0 spiro atoms. The number of ether oxygens (including phenoxy) is 3. The zero-order chi connectivity index (χ0) is 21.7. The van der Waals surface area contributed by atoms with Gasteiger partial charge in [-0.25, -0.2) is 4.39 Å². The Balaban J connectivity index is 1.74. The van der Waals surface area contributed by atoms with Gasteiger partial charge in [0, 0.05) is 5.56 Å². The summed E-state index contributed by atoms with van der Waals surface area (Å²) in [5.74, 6) is 1.32. The number of nitrogens with zero attached hydrogens (tertiary/aromatic N) is 2. The minimum Gasteiger partial charge on any atom is -0.493 e. The van der Waals surface area contributed by atoms with Crippen molar-refractivity contribution in [2.24, 2.45) is 0 Å². The van der Waals surface area contributed by atoms with Crippen molar-refractivity contribution in [1.29, 1.82) is 0 Å². The van der Waals surface area contributed by atoms with Crippen LogP contribution in [0, 0.1) is 5.82 Å². The smallest absolute Gasteiger partial charge is 0.249 e. The van der Waals surface area contributed by atoms with Crippen molar-refractivity contribution in [2.45, 2.75) is 19.4 Å². The van der Waals surface area contributed by atoms with Crippen molar-refractivity contribution in [3.63, 3.8) is 0 Å². The number of amides is 1. The van der Waals surface area contributed by atoms with Gasteiger partial charge in [-0.1, -0.05) is 17.3 Å². The molecule has 9 heteroatoms. The molecule has 1 atom stereocenters. The van der Waals surface area contributed by atoms with Crippen LogP contribution in [0.3, 0.4) is 0 Å². The highest BCUT2D eigenvalue weighted by Gasteiger charge is 2.20. The Labute approximate surface area is 173 Å². The number of rotatable bonds is 8. The van der Waals surface area contributed by atoms with E-state index in [1.165, 1.54) is 33.5 Å². The monoisotopic (exact) mass is 415 g/mol. The molecule has 0 aliphatic carbocycles. The summed E-state index contributed by atoms with van der Waals surface area (Å²) in [6, 6.07) is 8.65. The molecule has 3 rings (SSSR count). The first-order valence-electron chi connectivity index (χ1n) is 9.13. The van der Waals surface area contributed by atoms with E-state index in [0.717, 1.165) is 0 Å². The third-order valence-corrected chi connectivity index (χ3v) is 4.39. The molecule has 0 saturated heterocycles. The summed E-state index contributed by atoms with van der Waals surface area (Å²) in [7, 11) is 4.55. The van der Waals surface area contributed by atoms with Gasteiger partial charge in [0.1, 0.15) is 11.9 Å². The van der Waals surface area contributed by atoms with Crippen LogP contribution in [0.25, 0.3) is 11.4 Å². The predicted octanol–water partition coefficient (Wildman–Crippen LogP) is 3.32. The molecule has 0 bridgehead atoms. The molecule has 1 unspecified atom stereocenters. The Morgan fingerprint density at radius 1 is 1.10 bits per heavy atom. The fourth-order valence-electron chi connectivity index (χ4n) is 2.88. The van der Waals surface area contributed by atoms with E-state index in [1.54, 1.807) is 31.2 Å². The van der Waals surface area contributed by atoms with E-state index >= 15 is 0 Å². The van der Waals surface area contributed by atoms with E-state index in [1.807, 2.05) is 0 Å². The van der Waals surface area contributed by atoms with Crippen LogP contribution < -0.4 is 19.5 Å². The quantitative estimate of drug-likeness (QED) is 0.603. The summed E-state index contributed by atoms with van der Waals surface area (Å²) < 4.78 is 34.3. The first-order valence-corrected chi connectivity index (χ1v) is 9.13. The maximum absolute atomic E-state index is 13.0. The summed E-state index contributed by atoms with van der Waals surface area (Å²) in [5.41, 5.74) is 1.30. The van der Waals surface area contributed by atoms with Crippen LogP contribution in [-0.4, -0.2) is 37.4 Å². The molecule has 0 aliphatic heterocycles. The third kappa shape index (κ3) is 4.68. The van der Waals surface area contributed by atoms with E-state index < -0.39 is 6.04 Å². The second-order valence-electron chi connectivity index (χ2n) is 6.46. The number of nitrogens with one attached hydrogen (secondary N) is 1. The van der Waals surface area contributed by atoms with E-state index in [-0.39, 0.29) is 24.0 Å². The number of carbonyl (C=O) groups is 1. The van der Waals surface area contributed by atoms with Gasteiger partial charge in [0.25, 0.3) is 0 Å². The van der Waals surface area contributed by atoms with Crippen molar-refractivity contribution in [3.05, 3.63) is 53.7 Å². The predicted molar refractivity (Wildman–Crippen MR) is 106 cm³/mol. The van der Waals surface area contributed by atoms with Gasteiger partial charge >= 0.3 is 0 Å². The lowest BCUT2D eigenvalue weighted by Crippen LogP contribution is -2.28. The topological polar surface area (TPSA) is 95.7 Å². The lowest BCUT2D eigenvalue weighted by Gasteiger charge is -2.12. The Bertz CT molecular complexity index is 995. The average molecular weight is 415 g/mol. The van der Waals surface area contributed by atoms with E-state index in [2.05, 4.69) is 15.5 Å². The maximum Gasteiger partial charge on any atom is 0.249 e. The van der Waals surface area contributed by atoms with Crippen LogP contribution in [0.4, 0.5) is 4.39 Å². The van der Waals surface area contributed by atoms with Crippen molar-refractivity contribution in [1.82, 2.24) is 15.5 Å². The molecule has 0 fully saturated rings. The molecular weight excluding hydrogens is 393 g/mol. The molecule has 2 aromatic carbocycles. The first kappa shape index (κ1) is 21.1. The lowest BCUT2D eigenvalue weighted by atomic mass is 10.1. The van der Waals surface area contributed by atoms with Crippen LogP contribution in [-0.2, 0) is 11.2 Å². The number of aromatic nitrogens is 2. The Kier molecular flexibility index (Phi) is 6.51. The largest absolute Gasteiger partial charge is 0.493 e. The van der Waals surface area contributed by atoms with Crippen molar-refractivity contribution < 1.29 is 27.9 Å². The number of hydrogen-bond acceptors (Lipinski definition) is 7. The van der Waals surface area contributed by atoms with Gasteiger partial charge in [0.2, 0.25) is 23.4 Å². The van der Waals surface area contributed by atoms with Gasteiger partial charge in [-0.15, -0.1) is 0 Å². The van der Waals surface area contributed by atoms with Crippen molar-refractivity contribution in [2.75, 3.05) is 21.3 Å². The molecule has 0 saturated carbocycles. The molecular formula is C21H22FN3O5. The number of methoxy groups -OCH3 is 3. The highest BCUT2D eigenvalue weighted by atomic mass is 19.1. The zero-order valence-corrected chi connectivity index (χ0v) is 17.1.